The van der Waals surface area contributed by atoms with Gasteiger partial charge in [-0.25, -0.2) is 9.59 Å². The lowest BCUT2D eigenvalue weighted by Crippen LogP contribution is -2.80. The van der Waals surface area contributed by atoms with Crippen molar-refractivity contribution >= 4 is 17.8 Å². The molecule has 14 nitrogen and oxygen atoms in total. The first-order valence-electron chi connectivity index (χ1n) is 19.8. The number of ether oxygens (including phenoxy) is 7. The highest BCUT2D eigenvalue weighted by molar-refractivity contribution is 5.93. The van der Waals surface area contributed by atoms with Crippen molar-refractivity contribution < 1.29 is 62.9 Å². The van der Waals surface area contributed by atoms with Gasteiger partial charge in [0.05, 0.1) is 37.4 Å². The molecule has 58 heavy (non-hydrogen) atoms. The Morgan fingerprint density at radius 3 is 2.14 bits per heavy atom. The van der Waals surface area contributed by atoms with Gasteiger partial charge in [-0.05, 0) is 63.5 Å². The molecule has 7 rings (SSSR count). The molecule has 2 heterocycles. The lowest BCUT2D eigenvalue weighted by Gasteiger charge is -2.67. The minimum absolute atomic E-state index is 0.156. The summed E-state index contributed by atoms with van der Waals surface area (Å²) in [5, 5.41) is 37.9. The van der Waals surface area contributed by atoms with E-state index in [-0.39, 0.29) is 19.4 Å². The molecule has 4 fully saturated rings. The van der Waals surface area contributed by atoms with Gasteiger partial charge >= 0.3 is 12.1 Å². The molecule has 3 unspecified atom stereocenters. The third-order valence-corrected chi connectivity index (χ3v) is 13.6. The Bertz CT molecular complexity index is 1940. The van der Waals surface area contributed by atoms with Crippen LogP contribution in [0, 0.1) is 16.7 Å². The average Bonchev–Trinajstić information content (AvgIpc) is 3.58. The molecular weight excluding hydrogens is 750 g/mol. The van der Waals surface area contributed by atoms with Crippen LogP contribution in [0.1, 0.15) is 84.7 Å². The van der Waals surface area contributed by atoms with Gasteiger partial charge in [0.2, 0.25) is 0 Å². The molecule has 3 aliphatic carbocycles. The number of esters is 1. The second kappa shape index (κ2) is 14.7. The quantitative estimate of drug-likeness (QED) is 0.262. The molecule has 0 spiro atoms. The van der Waals surface area contributed by atoms with Gasteiger partial charge in [-0.1, -0.05) is 56.3 Å². The summed E-state index contributed by atoms with van der Waals surface area (Å²) in [5.41, 5.74) is -5.60. The predicted octanol–water partition coefficient (Wildman–Crippen LogP) is 4.59. The Balaban J connectivity index is 1.33. The van der Waals surface area contributed by atoms with Crippen LogP contribution in [0.25, 0.3) is 0 Å². The molecule has 3 N–H and O–H groups in total. The van der Waals surface area contributed by atoms with E-state index in [1.807, 2.05) is 6.07 Å². The van der Waals surface area contributed by atoms with Gasteiger partial charge in [0.25, 0.3) is 0 Å². The zero-order valence-electron chi connectivity index (χ0n) is 34.9. The number of ketones is 1. The van der Waals surface area contributed by atoms with Crippen molar-refractivity contribution in [3.8, 4) is 5.75 Å². The summed E-state index contributed by atoms with van der Waals surface area (Å²) in [6, 6.07) is 14.8. The van der Waals surface area contributed by atoms with Gasteiger partial charge in [0.15, 0.2) is 18.1 Å². The highest BCUT2D eigenvalue weighted by Gasteiger charge is 2.75. The van der Waals surface area contributed by atoms with E-state index in [0.29, 0.717) is 28.0 Å². The zero-order chi connectivity index (χ0) is 42.3. The Morgan fingerprint density at radius 2 is 1.59 bits per heavy atom. The highest BCUT2D eigenvalue weighted by Crippen LogP contribution is 2.63. The number of benzene rings is 2. The van der Waals surface area contributed by atoms with Crippen LogP contribution in [0.5, 0.6) is 5.75 Å². The number of Topliss-reactive ketones (excluding diaryl/α,β-unsaturated/α-hetero) is 1. The number of aliphatic hydroxyl groups excluding tert-OH is 1. The number of amides is 1. The molecule has 2 aromatic carbocycles. The molecular formula is C44H57NO13. The fraction of sp³-hybridized carbons (Fsp3) is 0.614. The van der Waals surface area contributed by atoms with E-state index >= 15 is 4.79 Å². The average molecular weight is 808 g/mol. The lowest BCUT2D eigenvalue weighted by atomic mass is 9.45. The largest absolute Gasteiger partial charge is 0.497 e. The third-order valence-electron chi connectivity index (χ3n) is 13.6. The van der Waals surface area contributed by atoms with Crippen LogP contribution in [0.2, 0.25) is 0 Å². The predicted molar refractivity (Wildman–Crippen MR) is 207 cm³/mol. The Hall–Kier alpha value is -3.89. The van der Waals surface area contributed by atoms with Crippen molar-refractivity contribution in [3.05, 3.63) is 76.9 Å². The first-order chi connectivity index (χ1) is 27.2. The fourth-order valence-corrected chi connectivity index (χ4v) is 10.5. The minimum Gasteiger partial charge on any atom is -0.497 e. The van der Waals surface area contributed by atoms with Crippen LogP contribution in [-0.2, 0) is 38.0 Å². The maximum Gasteiger partial charge on any atom is 0.413 e. The van der Waals surface area contributed by atoms with Crippen LogP contribution >= 0.6 is 0 Å². The van der Waals surface area contributed by atoms with Gasteiger partial charge in [-0.3, -0.25) is 9.69 Å². The van der Waals surface area contributed by atoms with Crippen LogP contribution in [0.3, 0.4) is 0 Å². The van der Waals surface area contributed by atoms with Crippen LogP contribution in [-0.4, -0.2) is 119 Å². The number of fused-ring (bicyclic) bond motifs is 5. The maximum absolute atomic E-state index is 15.0. The molecule has 2 bridgehead atoms. The SMILES string of the molecule is COc1ccc(C2OC(C(=O)O[C@H]3C[C@@]4(O)[C@@H](O)[C@@H]5[C@]6(O)CO[C@@H]6C[C@H](OC)[C@@]5(C)C(=O)[C@H](OC)C(=C3C)C4(C)C)C(c3ccccc3)N2C(=O)OC(C)(C)C)cc1. The first kappa shape index (κ1) is 42.2. The molecule has 2 saturated carbocycles. The number of hydrogen-bond acceptors (Lipinski definition) is 13. The molecule has 2 saturated heterocycles. The third kappa shape index (κ3) is 6.29. The van der Waals surface area contributed by atoms with E-state index in [1.165, 1.54) is 26.2 Å². The summed E-state index contributed by atoms with van der Waals surface area (Å²) >= 11 is 0. The number of rotatable bonds is 7. The number of hydrogen-bond donors (Lipinski definition) is 3. The monoisotopic (exact) mass is 807 g/mol. The molecule has 5 aliphatic rings. The van der Waals surface area contributed by atoms with Crippen LogP contribution in [0.4, 0.5) is 4.79 Å². The molecule has 0 aromatic heterocycles. The van der Waals surface area contributed by atoms with Gasteiger partial charge < -0.3 is 48.5 Å². The van der Waals surface area contributed by atoms with Crippen molar-refractivity contribution in [1.29, 1.82) is 0 Å². The second-order valence-electron chi connectivity index (χ2n) is 18.1. The Labute approximate surface area is 339 Å². The maximum atomic E-state index is 15.0. The molecule has 2 aromatic rings. The number of carbonyl (C=O) groups is 3. The molecule has 14 heteroatoms. The summed E-state index contributed by atoms with van der Waals surface area (Å²) in [7, 11) is 4.39. The normalized spacial score (nSPS) is 38.1. The van der Waals surface area contributed by atoms with E-state index in [1.54, 1.807) is 97.0 Å². The number of aliphatic hydroxyl groups is 3. The van der Waals surface area contributed by atoms with Crippen molar-refractivity contribution in [2.75, 3.05) is 27.9 Å². The lowest BCUT2D eigenvalue weighted by molar-refractivity contribution is -0.346. The number of nitrogens with zero attached hydrogens (tertiary/aromatic N) is 1. The Morgan fingerprint density at radius 1 is 0.931 bits per heavy atom. The van der Waals surface area contributed by atoms with E-state index < -0.39 is 100 Å². The minimum atomic E-state index is -2.09. The van der Waals surface area contributed by atoms with E-state index in [2.05, 4.69) is 0 Å². The zero-order valence-corrected chi connectivity index (χ0v) is 34.9. The molecule has 2 aliphatic heterocycles. The van der Waals surface area contributed by atoms with Gasteiger partial charge in [-0.2, -0.15) is 0 Å². The standard InChI is InChI=1S/C44H57NO13/c1-23-27(21-44(51)36(47)34-42(7,28(53-9)20-29-43(34,50)22-55-29)35(46)32(54-10)30(23)41(44,5)6)56-38(48)33-31(24-14-12-11-13-15-24)45(39(49)58-40(2,3)4)37(57-33)25-16-18-26(52-8)19-17-25/h11-19,27-29,31-34,36-37,47,50-51H,20-22H2,1-10H3/t27-,28-,29+,31?,32+,33?,34-,36-,37?,42+,43-,44+/m0/s1. The van der Waals surface area contributed by atoms with E-state index in [0.717, 1.165) is 0 Å². The number of methoxy groups -OCH3 is 3. The fourth-order valence-electron chi connectivity index (χ4n) is 10.5. The summed E-state index contributed by atoms with van der Waals surface area (Å²) in [6.45, 7) is 11.9. The van der Waals surface area contributed by atoms with Gasteiger partial charge in [0, 0.05) is 44.0 Å². The first-order valence-corrected chi connectivity index (χ1v) is 19.8. The molecule has 1 amide bonds. The summed E-state index contributed by atoms with van der Waals surface area (Å²) in [6.07, 6.45) is -9.09. The summed E-state index contributed by atoms with van der Waals surface area (Å²) in [5.74, 6) is -1.98. The van der Waals surface area contributed by atoms with Crippen LogP contribution < -0.4 is 4.74 Å². The van der Waals surface area contributed by atoms with E-state index in [9.17, 15) is 24.9 Å². The smallest absolute Gasteiger partial charge is 0.413 e. The van der Waals surface area contributed by atoms with Gasteiger partial charge in [0.1, 0.15) is 40.8 Å². The van der Waals surface area contributed by atoms with Crippen molar-refractivity contribution in [3.63, 3.8) is 0 Å². The van der Waals surface area contributed by atoms with Crippen LogP contribution in [0.15, 0.2) is 65.7 Å². The summed E-state index contributed by atoms with van der Waals surface area (Å²) < 4.78 is 41.9. The van der Waals surface area contributed by atoms with Crippen molar-refractivity contribution in [1.82, 2.24) is 4.90 Å². The number of carbonyl (C=O) groups excluding carboxylic acids is 3. The molecule has 316 valence electrons. The topological polar surface area (TPSA) is 180 Å². The highest BCUT2D eigenvalue weighted by atomic mass is 16.6. The van der Waals surface area contributed by atoms with E-state index in [4.69, 9.17) is 33.2 Å². The second-order valence-corrected chi connectivity index (χ2v) is 18.1. The Kier molecular flexibility index (Phi) is 10.7. The molecule has 12 atom stereocenters. The molecule has 0 radical (unpaired) electrons. The summed E-state index contributed by atoms with van der Waals surface area (Å²) in [4.78, 5) is 45.4. The van der Waals surface area contributed by atoms with Gasteiger partial charge in [-0.15, -0.1) is 0 Å². The van der Waals surface area contributed by atoms with Crippen molar-refractivity contribution in [2.24, 2.45) is 16.7 Å². The van der Waals surface area contributed by atoms with Crippen molar-refractivity contribution in [2.45, 2.75) is 127 Å².